The van der Waals surface area contributed by atoms with Crippen molar-refractivity contribution in [2.75, 3.05) is 0 Å². The van der Waals surface area contributed by atoms with E-state index in [-0.39, 0.29) is 4.90 Å². The third-order valence-corrected chi connectivity index (χ3v) is 4.82. The Bertz CT molecular complexity index is 569. The van der Waals surface area contributed by atoms with Crippen LogP contribution in [0, 0.1) is 3.57 Å². The minimum atomic E-state index is -3.66. The molecular formula is C13H20INO3S. The van der Waals surface area contributed by atoms with Crippen molar-refractivity contribution in [1.29, 1.82) is 0 Å². The molecule has 0 bridgehead atoms. The highest BCUT2D eigenvalue weighted by molar-refractivity contribution is 14.1. The molecule has 0 aliphatic rings. The highest BCUT2D eigenvalue weighted by Gasteiger charge is 2.29. The summed E-state index contributed by atoms with van der Waals surface area (Å²) in [5, 5.41) is 10.2. The highest BCUT2D eigenvalue weighted by atomic mass is 127. The molecule has 2 N–H and O–H groups in total. The number of sulfonamides is 1. The second kappa shape index (κ2) is 5.31. The van der Waals surface area contributed by atoms with Gasteiger partial charge in [0, 0.05) is 14.7 Å². The summed E-state index contributed by atoms with van der Waals surface area (Å²) in [6.45, 7) is 8.49. The van der Waals surface area contributed by atoms with Crippen molar-refractivity contribution in [1.82, 2.24) is 4.72 Å². The van der Waals surface area contributed by atoms with Crippen LogP contribution in [0.3, 0.4) is 0 Å². The average Bonchev–Trinajstić information content (AvgIpc) is 2.11. The van der Waals surface area contributed by atoms with Gasteiger partial charge in [0.2, 0.25) is 10.0 Å². The molecule has 0 spiro atoms. The maximum atomic E-state index is 12.4. The third kappa shape index (κ3) is 4.70. The van der Waals surface area contributed by atoms with Crippen LogP contribution in [0.1, 0.15) is 40.2 Å². The van der Waals surface area contributed by atoms with Gasteiger partial charge >= 0.3 is 0 Å². The van der Waals surface area contributed by atoms with Crippen LogP contribution in [-0.4, -0.2) is 19.1 Å². The van der Waals surface area contributed by atoms with Crippen LogP contribution in [0.2, 0.25) is 0 Å². The summed E-state index contributed by atoms with van der Waals surface area (Å²) in [7, 11) is -3.66. The number of benzene rings is 1. The van der Waals surface area contributed by atoms with Crippen LogP contribution in [-0.2, 0) is 15.6 Å². The van der Waals surface area contributed by atoms with Crippen molar-refractivity contribution in [2.24, 2.45) is 0 Å². The Hall–Kier alpha value is -0.180. The van der Waals surface area contributed by atoms with Crippen LogP contribution in [0.25, 0.3) is 0 Å². The fraction of sp³-hybridized carbons (Fsp3) is 0.538. The summed E-state index contributed by atoms with van der Waals surface area (Å²) in [6.07, 6.45) is 0. The molecule has 1 aromatic carbocycles. The van der Waals surface area contributed by atoms with Crippen molar-refractivity contribution >= 4 is 32.6 Å². The fourth-order valence-electron chi connectivity index (χ4n) is 1.67. The van der Waals surface area contributed by atoms with E-state index in [0.717, 1.165) is 3.57 Å². The van der Waals surface area contributed by atoms with Gasteiger partial charge in [0.1, 0.15) is 0 Å². The molecule has 0 atom stereocenters. The summed E-state index contributed by atoms with van der Waals surface area (Å²) < 4.78 is 28.3. The molecule has 0 saturated carbocycles. The van der Waals surface area contributed by atoms with Gasteiger partial charge in [-0.2, -0.15) is 0 Å². The van der Waals surface area contributed by atoms with E-state index >= 15 is 0 Å². The van der Waals surface area contributed by atoms with Crippen molar-refractivity contribution in [2.45, 2.75) is 50.7 Å². The lowest BCUT2D eigenvalue weighted by atomic mass is 9.99. The normalized spacial score (nSPS) is 13.6. The molecule has 1 aromatic rings. The molecule has 0 amide bonds. The Labute approximate surface area is 128 Å². The molecule has 108 valence electrons. The molecule has 0 unspecified atom stereocenters. The quantitative estimate of drug-likeness (QED) is 0.771. The first-order valence-electron chi connectivity index (χ1n) is 5.89. The molecule has 6 heteroatoms. The van der Waals surface area contributed by atoms with E-state index in [1.807, 2.05) is 0 Å². The Balaban J connectivity index is 3.44. The van der Waals surface area contributed by atoms with E-state index in [4.69, 9.17) is 0 Å². The van der Waals surface area contributed by atoms with Gasteiger partial charge in [-0.15, -0.1) is 0 Å². The van der Waals surface area contributed by atoms with Crippen LogP contribution >= 0.6 is 22.6 Å². The Morgan fingerprint density at radius 2 is 1.68 bits per heavy atom. The summed E-state index contributed by atoms with van der Waals surface area (Å²) in [4.78, 5) is 0.121. The minimum Gasteiger partial charge on any atom is -0.386 e. The molecule has 1 rings (SSSR count). The van der Waals surface area contributed by atoms with E-state index in [9.17, 15) is 13.5 Å². The number of halogens is 1. The van der Waals surface area contributed by atoms with Gasteiger partial charge in [-0.3, -0.25) is 0 Å². The first-order chi connectivity index (χ1) is 8.33. The van der Waals surface area contributed by atoms with Gasteiger partial charge in [0.15, 0.2) is 0 Å². The van der Waals surface area contributed by atoms with Crippen molar-refractivity contribution in [3.05, 3.63) is 27.3 Å². The van der Waals surface area contributed by atoms with Gasteiger partial charge in [-0.05, 0) is 75.4 Å². The smallest absolute Gasteiger partial charge is 0.241 e. The zero-order chi connectivity index (χ0) is 15.1. The van der Waals surface area contributed by atoms with Gasteiger partial charge in [-0.1, -0.05) is 0 Å². The van der Waals surface area contributed by atoms with Gasteiger partial charge in [0.05, 0.1) is 10.5 Å². The number of nitrogens with one attached hydrogen (secondary N) is 1. The molecule has 0 radical (unpaired) electrons. The first-order valence-corrected chi connectivity index (χ1v) is 8.45. The lowest BCUT2D eigenvalue weighted by Crippen LogP contribution is -2.41. The van der Waals surface area contributed by atoms with E-state index < -0.39 is 21.2 Å². The Kier molecular flexibility index (Phi) is 4.71. The van der Waals surface area contributed by atoms with Crippen LogP contribution in [0.4, 0.5) is 0 Å². The van der Waals surface area contributed by atoms with Gasteiger partial charge < -0.3 is 5.11 Å². The highest BCUT2D eigenvalue weighted by Crippen LogP contribution is 2.29. The minimum absolute atomic E-state index is 0.121. The zero-order valence-electron chi connectivity index (χ0n) is 11.8. The molecule has 4 nitrogen and oxygen atoms in total. The maximum absolute atomic E-state index is 12.4. The second-order valence-corrected chi connectivity index (χ2v) is 8.95. The van der Waals surface area contributed by atoms with Crippen molar-refractivity contribution in [3.63, 3.8) is 0 Å². The Morgan fingerprint density at radius 3 is 2.11 bits per heavy atom. The Morgan fingerprint density at radius 1 is 1.16 bits per heavy atom. The van der Waals surface area contributed by atoms with Crippen LogP contribution < -0.4 is 4.72 Å². The predicted octanol–water partition coefficient (Wildman–Crippen LogP) is 2.60. The predicted molar refractivity (Wildman–Crippen MR) is 84.5 cm³/mol. The third-order valence-electron chi connectivity index (χ3n) is 2.33. The molecular weight excluding hydrogens is 377 g/mol. The van der Waals surface area contributed by atoms with Crippen LogP contribution in [0.15, 0.2) is 23.1 Å². The summed E-state index contributed by atoms with van der Waals surface area (Å²) >= 11 is 2.09. The summed E-state index contributed by atoms with van der Waals surface area (Å²) in [5.74, 6) is 0. The molecule has 0 saturated heterocycles. The molecule has 0 heterocycles. The topological polar surface area (TPSA) is 66.4 Å². The lowest BCUT2D eigenvalue weighted by molar-refractivity contribution is 0.0754. The number of aliphatic hydroxyl groups is 1. The summed E-state index contributed by atoms with van der Waals surface area (Å²) in [6, 6.07) is 4.94. The standard InChI is InChI=1S/C13H20INO3S/c1-12(2,3)15-19(17,18)11-7-6-9(14)8-10(11)13(4,5)16/h6-8,15-16H,1-5H3. The second-order valence-electron chi connectivity index (χ2n) is 6.05. The SMILES string of the molecule is CC(C)(C)NS(=O)(=O)c1ccc(I)cc1C(C)(C)O. The molecule has 0 fully saturated rings. The number of hydrogen-bond donors (Lipinski definition) is 2. The van der Waals surface area contributed by atoms with E-state index in [1.165, 1.54) is 6.07 Å². The largest absolute Gasteiger partial charge is 0.386 e. The zero-order valence-corrected chi connectivity index (χ0v) is 14.8. The van der Waals surface area contributed by atoms with E-state index in [1.54, 1.807) is 46.8 Å². The van der Waals surface area contributed by atoms with Crippen molar-refractivity contribution < 1.29 is 13.5 Å². The first kappa shape index (κ1) is 16.9. The average molecular weight is 397 g/mol. The maximum Gasteiger partial charge on any atom is 0.241 e. The molecule has 0 aliphatic carbocycles. The number of rotatable bonds is 3. The molecule has 0 aliphatic heterocycles. The van der Waals surface area contributed by atoms with Crippen LogP contribution in [0.5, 0.6) is 0 Å². The van der Waals surface area contributed by atoms with Gasteiger partial charge in [-0.25, -0.2) is 13.1 Å². The van der Waals surface area contributed by atoms with Crippen molar-refractivity contribution in [3.8, 4) is 0 Å². The summed E-state index contributed by atoms with van der Waals surface area (Å²) in [5.41, 5.74) is -1.39. The van der Waals surface area contributed by atoms with Gasteiger partial charge in [0.25, 0.3) is 0 Å². The number of hydrogen-bond acceptors (Lipinski definition) is 3. The molecule has 19 heavy (non-hydrogen) atoms. The van der Waals surface area contributed by atoms with E-state index in [0.29, 0.717) is 5.56 Å². The monoisotopic (exact) mass is 397 g/mol. The molecule has 0 aromatic heterocycles. The fourth-order valence-corrected chi connectivity index (χ4v) is 3.93. The van der Waals surface area contributed by atoms with E-state index in [2.05, 4.69) is 27.3 Å². The lowest BCUT2D eigenvalue weighted by Gasteiger charge is -2.25.